The largest absolute Gasteiger partial charge is 0.493 e. The Morgan fingerprint density at radius 2 is 1.80 bits per heavy atom. The molecule has 180 valence electrons. The van der Waals surface area contributed by atoms with Crippen LogP contribution in [0, 0.1) is 0 Å². The van der Waals surface area contributed by atoms with E-state index in [-0.39, 0.29) is 11.7 Å². The number of nitrogens with zero attached hydrogens (tertiary/aromatic N) is 4. The summed E-state index contributed by atoms with van der Waals surface area (Å²) in [6.45, 7) is 0. The minimum Gasteiger partial charge on any atom is -0.493 e. The van der Waals surface area contributed by atoms with Crippen LogP contribution in [0.4, 0.5) is 0 Å². The Morgan fingerprint density at radius 1 is 1.06 bits per heavy atom. The summed E-state index contributed by atoms with van der Waals surface area (Å²) in [7, 11) is 4.72. The van der Waals surface area contributed by atoms with Crippen molar-refractivity contribution in [2.24, 2.45) is 0 Å². The van der Waals surface area contributed by atoms with Crippen LogP contribution in [0.15, 0.2) is 47.8 Å². The monoisotopic (exact) mass is 510 g/mol. The van der Waals surface area contributed by atoms with E-state index >= 15 is 0 Å². The topological polar surface area (TPSA) is 87.8 Å². The van der Waals surface area contributed by atoms with E-state index in [4.69, 9.17) is 30.8 Å². The number of ketones is 1. The fourth-order valence-electron chi connectivity index (χ4n) is 4.26. The minimum absolute atomic E-state index is 0.0140. The van der Waals surface area contributed by atoms with Crippen molar-refractivity contribution < 1.29 is 19.0 Å². The zero-order chi connectivity index (χ0) is 24.5. The van der Waals surface area contributed by atoms with Crippen LogP contribution in [0.5, 0.6) is 17.2 Å². The van der Waals surface area contributed by atoms with Crippen molar-refractivity contribution in [1.29, 1.82) is 0 Å². The van der Waals surface area contributed by atoms with E-state index in [1.807, 2.05) is 36.4 Å². The first-order valence-electron chi connectivity index (χ1n) is 11.0. The number of aromatic nitrogens is 4. The van der Waals surface area contributed by atoms with Gasteiger partial charge < -0.3 is 14.2 Å². The van der Waals surface area contributed by atoms with E-state index in [2.05, 4.69) is 10.1 Å². The number of fused-ring (bicyclic) bond motifs is 2. The van der Waals surface area contributed by atoms with Gasteiger partial charge in [0.05, 0.1) is 32.6 Å². The third kappa shape index (κ3) is 4.53. The third-order valence-electron chi connectivity index (χ3n) is 6.04. The second kappa shape index (κ2) is 9.75. The first kappa shape index (κ1) is 23.4. The van der Waals surface area contributed by atoms with Crippen LogP contribution in [0.3, 0.4) is 0 Å². The number of thioether (sulfide) groups is 1. The van der Waals surface area contributed by atoms with Crippen molar-refractivity contribution in [3.8, 4) is 17.2 Å². The molecule has 0 saturated heterocycles. The SMILES string of the molecule is COc1cc(C2CC(=O)c3cn4nc(SCc5ccccc5Cl)nc4nc3C2)cc(OC)c1OC. The van der Waals surface area contributed by atoms with Crippen LogP contribution in [0.2, 0.25) is 5.02 Å². The molecule has 8 nitrogen and oxygen atoms in total. The molecule has 5 rings (SSSR count). The summed E-state index contributed by atoms with van der Waals surface area (Å²) in [6.07, 6.45) is 2.67. The number of rotatable bonds is 7. The van der Waals surface area contributed by atoms with Crippen molar-refractivity contribution >= 4 is 34.9 Å². The Labute approximate surface area is 211 Å². The lowest BCUT2D eigenvalue weighted by atomic mass is 9.82. The second-order valence-electron chi connectivity index (χ2n) is 8.11. The van der Waals surface area contributed by atoms with E-state index < -0.39 is 0 Å². The van der Waals surface area contributed by atoms with Gasteiger partial charge in [-0.3, -0.25) is 4.79 Å². The van der Waals surface area contributed by atoms with Gasteiger partial charge in [-0.15, -0.1) is 5.10 Å². The number of methoxy groups -OCH3 is 3. The molecule has 0 saturated carbocycles. The number of hydrogen-bond acceptors (Lipinski definition) is 8. The van der Waals surface area contributed by atoms with Gasteiger partial charge in [0.15, 0.2) is 17.3 Å². The lowest BCUT2D eigenvalue weighted by molar-refractivity contribution is 0.0962. The smallest absolute Gasteiger partial charge is 0.253 e. The first-order valence-corrected chi connectivity index (χ1v) is 12.3. The Morgan fingerprint density at radius 3 is 2.49 bits per heavy atom. The number of benzene rings is 2. The quantitative estimate of drug-likeness (QED) is 0.321. The van der Waals surface area contributed by atoms with Gasteiger partial charge in [-0.2, -0.15) is 4.98 Å². The van der Waals surface area contributed by atoms with Gasteiger partial charge in [0.2, 0.25) is 10.9 Å². The summed E-state index contributed by atoms with van der Waals surface area (Å²) < 4.78 is 18.0. The molecule has 0 aliphatic heterocycles. The zero-order valence-corrected chi connectivity index (χ0v) is 21.0. The highest BCUT2D eigenvalue weighted by atomic mass is 35.5. The fourth-order valence-corrected chi connectivity index (χ4v) is 5.37. The summed E-state index contributed by atoms with van der Waals surface area (Å²) >= 11 is 7.73. The van der Waals surface area contributed by atoms with E-state index in [0.717, 1.165) is 11.1 Å². The van der Waals surface area contributed by atoms with Crippen LogP contribution in [0.1, 0.15) is 39.5 Å². The highest BCUT2D eigenvalue weighted by Gasteiger charge is 2.30. The number of carbonyl (C=O) groups is 1. The average molecular weight is 511 g/mol. The molecule has 0 amide bonds. The molecule has 2 aromatic heterocycles. The Balaban J connectivity index is 1.43. The van der Waals surface area contributed by atoms with Crippen molar-refractivity contribution in [3.63, 3.8) is 0 Å². The lowest BCUT2D eigenvalue weighted by Gasteiger charge is -2.24. The van der Waals surface area contributed by atoms with Crippen LogP contribution in [-0.4, -0.2) is 46.7 Å². The lowest BCUT2D eigenvalue weighted by Crippen LogP contribution is -2.21. The van der Waals surface area contributed by atoms with Gasteiger partial charge in [-0.05, 0) is 41.7 Å². The van der Waals surface area contributed by atoms with E-state index in [1.165, 1.54) is 11.8 Å². The minimum atomic E-state index is -0.0735. The van der Waals surface area contributed by atoms with Crippen LogP contribution < -0.4 is 14.2 Å². The molecule has 0 spiro atoms. The molecule has 1 unspecified atom stereocenters. The summed E-state index contributed by atoms with van der Waals surface area (Å²) in [5.41, 5.74) is 3.22. The normalized spacial score (nSPS) is 15.2. The molecular weight excluding hydrogens is 488 g/mol. The predicted octanol–water partition coefficient (Wildman–Crippen LogP) is 5.01. The second-order valence-corrected chi connectivity index (χ2v) is 9.46. The number of carbonyl (C=O) groups excluding carboxylic acids is 1. The van der Waals surface area contributed by atoms with Crippen molar-refractivity contribution in [1.82, 2.24) is 19.6 Å². The molecule has 0 bridgehead atoms. The van der Waals surface area contributed by atoms with E-state index in [1.54, 1.807) is 32.0 Å². The fraction of sp³-hybridized carbons (Fsp3) is 0.280. The first-order chi connectivity index (χ1) is 17.0. The van der Waals surface area contributed by atoms with Crippen molar-refractivity contribution in [2.75, 3.05) is 21.3 Å². The summed E-state index contributed by atoms with van der Waals surface area (Å²) in [6, 6.07) is 11.5. The predicted molar refractivity (Wildman–Crippen MR) is 133 cm³/mol. The number of ether oxygens (including phenoxy) is 3. The summed E-state index contributed by atoms with van der Waals surface area (Å²) in [5.74, 6) is 2.67. The number of Topliss-reactive ketones (excluding diaryl/α,β-unsaturated/α-hetero) is 1. The van der Waals surface area contributed by atoms with Crippen LogP contribution in [0.25, 0.3) is 5.78 Å². The number of halogens is 1. The molecule has 0 N–H and O–H groups in total. The van der Waals surface area contributed by atoms with Crippen LogP contribution >= 0.6 is 23.4 Å². The van der Waals surface area contributed by atoms with Gasteiger partial charge in [-0.25, -0.2) is 9.50 Å². The van der Waals surface area contributed by atoms with Crippen LogP contribution in [-0.2, 0) is 12.2 Å². The molecule has 35 heavy (non-hydrogen) atoms. The Bertz CT molecular complexity index is 1400. The highest BCUT2D eigenvalue weighted by molar-refractivity contribution is 7.98. The maximum atomic E-state index is 13.1. The van der Waals surface area contributed by atoms with Gasteiger partial charge in [0, 0.05) is 23.4 Å². The summed E-state index contributed by atoms with van der Waals surface area (Å²) in [5, 5.41) is 5.79. The van der Waals surface area contributed by atoms with Crippen molar-refractivity contribution in [2.45, 2.75) is 29.7 Å². The molecule has 1 aliphatic rings. The van der Waals surface area contributed by atoms with Crippen molar-refractivity contribution in [3.05, 3.63) is 70.0 Å². The average Bonchev–Trinajstić information content (AvgIpc) is 3.27. The van der Waals surface area contributed by atoms with E-state index in [0.29, 0.717) is 63.1 Å². The Kier molecular flexibility index (Phi) is 6.53. The maximum Gasteiger partial charge on any atom is 0.253 e. The molecule has 2 heterocycles. The van der Waals surface area contributed by atoms with Gasteiger partial charge in [0.1, 0.15) is 0 Å². The molecule has 0 fully saturated rings. The van der Waals surface area contributed by atoms with Gasteiger partial charge >= 0.3 is 0 Å². The molecule has 1 atom stereocenters. The molecule has 1 aliphatic carbocycles. The highest BCUT2D eigenvalue weighted by Crippen LogP contribution is 2.42. The zero-order valence-electron chi connectivity index (χ0n) is 19.4. The van der Waals surface area contributed by atoms with Gasteiger partial charge in [-0.1, -0.05) is 41.6 Å². The molecule has 0 radical (unpaired) electrons. The molecular formula is C25H23ClN4O4S. The van der Waals surface area contributed by atoms with E-state index in [9.17, 15) is 4.79 Å². The molecule has 4 aromatic rings. The maximum absolute atomic E-state index is 13.1. The third-order valence-corrected chi connectivity index (χ3v) is 7.29. The molecule has 10 heteroatoms. The standard InChI is InChI=1S/C25H23ClN4O4S/c1-32-21-10-16(11-22(33-2)23(21)34-3)15-8-19-17(20(31)9-15)12-30-24(27-19)28-25(29-30)35-13-14-6-4-5-7-18(14)26/h4-7,10-12,15H,8-9,13H2,1-3H3. The number of hydrogen-bond donors (Lipinski definition) is 0. The summed E-state index contributed by atoms with van der Waals surface area (Å²) in [4.78, 5) is 22.3. The van der Waals surface area contributed by atoms with Gasteiger partial charge in [0.25, 0.3) is 5.78 Å². The molecule has 2 aromatic carbocycles. The Hall–Kier alpha value is -3.30.